The molecule has 0 radical (unpaired) electrons. The van der Waals surface area contributed by atoms with E-state index in [0.29, 0.717) is 0 Å². The molecule has 8 nitrogen and oxygen atoms in total. The fourth-order valence-corrected chi connectivity index (χ4v) is 3.46. The third-order valence-corrected chi connectivity index (χ3v) is 4.68. The number of amides is 1. The van der Waals surface area contributed by atoms with Gasteiger partial charge < -0.3 is 0 Å². The molecule has 0 aliphatic carbocycles. The molecule has 128 valence electrons. The number of H-pyrrole nitrogens is 1. The van der Waals surface area contributed by atoms with Crippen LogP contribution in [0.2, 0.25) is 0 Å². The predicted octanol–water partition coefficient (Wildman–Crippen LogP) is 2.22. The highest BCUT2D eigenvalue weighted by atomic mass is 32.2. The SMILES string of the molecule is O=C(Nc1nnn[nH]1)c1cc(Sc2ccccc2)c2ccccn2c1=O. The van der Waals surface area contributed by atoms with Gasteiger partial charge in [0.1, 0.15) is 5.56 Å². The Bertz CT molecular complexity index is 1130. The van der Waals surface area contributed by atoms with Crippen LogP contribution in [0.5, 0.6) is 0 Å². The minimum atomic E-state index is -0.582. The molecule has 0 unspecified atom stereocenters. The van der Waals surface area contributed by atoms with Gasteiger partial charge >= 0.3 is 0 Å². The first-order valence-corrected chi connectivity index (χ1v) is 8.46. The summed E-state index contributed by atoms with van der Waals surface area (Å²) in [5.74, 6) is -0.508. The number of carbonyl (C=O) groups excluding carboxylic acids is 1. The molecule has 0 spiro atoms. The van der Waals surface area contributed by atoms with Crippen LogP contribution in [0, 0.1) is 0 Å². The van der Waals surface area contributed by atoms with Crippen LogP contribution in [0.4, 0.5) is 5.95 Å². The number of anilines is 1. The maximum absolute atomic E-state index is 12.7. The molecule has 0 bridgehead atoms. The Morgan fingerprint density at radius 1 is 1.12 bits per heavy atom. The van der Waals surface area contributed by atoms with E-state index in [1.54, 1.807) is 18.3 Å². The lowest BCUT2D eigenvalue weighted by Gasteiger charge is -2.10. The van der Waals surface area contributed by atoms with Gasteiger partial charge in [-0.15, -0.1) is 0 Å². The number of nitrogens with one attached hydrogen (secondary N) is 2. The Morgan fingerprint density at radius 2 is 1.92 bits per heavy atom. The van der Waals surface area contributed by atoms with E-state index in [2.05, 4.69) is 25.9 Å². The maximum atomic E-state index is 12.7. The van der Waals surface area contributed by atoms with Gasteiger partial charge in [-0.3, -0.25) is 19.3 Å². The molecule has 0 atom stereocenters. The number of hydrogen-bond acceptors (Lipinski definition) is 6. The summed E-state index contributed by atoms with van der Waals surface area (Å²) in [6.45, 7) is 0. The van der Waals surface area contributed by atoms with Crippen molar-refractivity contribution in [1.82, 2.24) is 25.0 Å². The van der Waals surface area contributed by atoms with Crippen molar-refractivity contribution in [1.29, 1.82) is 0 Å². The van der Waals surface area contributed by atoms with Crippen LogP contribution in [-0.2, 0) is 0 Å². The molecule has 1 aromatic carbocycles. The van der Waals surface area contributed by atoms with Crippen molar-refractivity contribution in [3.63, 3.8) is 0 Å². The van der Waals surface area contributed by atoms with E-state index >= 15 is 0 Å². The van der Waals surface area contributed by atoms with E-state index < -0.39 is 11.5 Å². The van der Waals surface area contributed by atoms with Gasteiger partial charge in [0.25, 0.3) is 11.5 Å². The van der Waals surface area contributed by atoms with Crippen molar-refractivity contribution in [2.45, 2.75) is 9.79 Å². The van der Waals surface area contributed by atoms with E-state index in [1.165, 1.54) is 16.2 Å². The summed E-state index contributed by atoms with van der Waals surface area (Å²) < 4.78 is 1.46. The fourth-order valence-electron chi connectivity index (χ4n) is 2.46. The van der Waals surface area contributed by atoms with Crippen molar-refractivity contribution in [3.8, 4) is 0 Å². The fraction of sp³-hybridized carbons (Fsp3) is 0. The number of aromatic nitrogens is 5. The van der Waals surface area contributed by atoms with Gasteiger partial charge in [-0.2, -0.15) is 0 Å². The largest absolute Gasteiger partial charge is 0.289 e. The second-order valence-electron chi connectivity index (χ2n) is 5.30. The number of aromatic amines is 1. The van der Waals surface area contributed by atoms with Crippen LogP contribution < -0.4 is 10.9 Å². The molecule has 0 saturated carbocycles. The molecular formula is C17H12N6O2S. The minimum Gasteiger partial charge on any atom is -0.289 e. The van der Waals surface area contributed by atoms with Gasteiger partial charge in [-0.1, -0.05) is 41.1 Å². The standard InChI is InChI=1S/C17H12N6O2S/c24-15(18-17-19-21-22-20-17)12-10-14(26-11-6-2-1-3-7-11)13-8-4-5-9-23(13)16(12)25/h1-10H,(H2,18,19,20,21,22,24). The van der Waals surface area contributed by atoms with Crippen LogP contribution in [0.3, 0.4) is 0 Å². The molecule has 4 rings (SSSR count). The molecule has 0 aliphatic rings. The Hall–Kier alpha value is -3.46. The number of carbonyl (C=O) groups is 1. The van der Waals surface area contributed by atoms with Crippen LogP contribution in [0.1, 0.15) is 10.4 Å². The first-order chi connectivity index (χ1) is 12.7. The number of benzene rings is 1. The van der Waals surface area contributed by atoms with E-state index in [0.717, 1.165) is 15.3 Å². The first kappa shape index (κ1) is 16.0. The van der Waals surface area contributed by atoms with Crippen molar-refractivity contribution in [2.24, 2.45) is 0 Å². The van der Waals surface area contributed by atoms with Crippen LogP contribution >= 0.6 is 11.8 Å². The van der Waals surface area contributed by atoms with Crippen molar-refractivity contribution in [3.05, 3.63) is 76.7 Å². The molecule has 4 aromatic rings. The zero-order valence-electron chi connectivity index (χ0n) is 13.3. The number of tetrazole rings is 1. The number of pyridine rings is 2. The number of nitrogens with zero attached hydrogens (tertiary/aromatic N) is 4. The van der Waals surface area contributed by atoms with Gasteiger partial charge in [0.2, 0.25) is 5.95 Å². The van der Waals surface area contributed by atoms with Gasteiger partial charge in [-0.05, 0) is 40.8 Å². The van der Waals surface area contributed by atoms with E-state index in [4.69, 9.17) is 0 Å². The average molecular weight is 364 g/mol. The molecule has 1 amide bonds. The van der Waals surface area contributed by atoms with Gasteiger partial charge in [0.15, 0.2) is 0 Å². The number of fused-ring (bicyclic) bond motifs is 1. The third kappa shape index (κ3) is 3.07. The zero-order valence-corrected chi connectivity index (χ0v) is 14.1. The van der Waals surface area contributed by atoms with E-state index in [9.17, 15) is 9.59 Å². The second kappa shape index (κ2) is 6.81. The minimum absolute atomic E-state index is 0.00327. The highest BCUT2D eigenvalue weighted by molar-refractivity contribution is 7.99. The van der Waals surface area contributed by atoms with Crippen LogP contribution in [-0.4, -0.2) is 30.9 Å². The third-order valence-electron chi connectivity index (χ3n) is 3.63. The van der Waals surface area contributed by atoms with Crippen LogP contribution in [0.25, 0.3) is 5.52 Å². The predicted molar refractivity (Wildman–Crippen MR) is 96.4 cm³/mol. The molecule has 9 heteroatoms. The van der Waals surface area contributed by atoms with E-state index in [-0.39, 0.29) is 11.5 Å². The lowest BCUT2D eigenvalue weighted by Crippen LogP contribution is -2.26. The first-order valence-electron chi connectivity index (χ1n) is 7.65. The van der Waals surface area contributed by atoms with E-state index in [1.807, 2.05) is 42.5 Å². The monoisotopic (exact) mass is 364 g/mol. The maximum Gasteiger partial charge on any atom is 0.268 e. The molecular weight excluding hydrogens is 352 g/mol. The van der Waals surface area contributed by atoms with Crippen LogP contribution in [0.15, 0.2) is 75.4 Å². The Kier molecular flexibility index (Phi) is 4.20. The highest BCUT2D eigenvalue weighted by Gasteiger charge is 2.17. The molecule has 26 heavy (non-hydrogen) atoms. The van der Waals surface area contributed by atoms with Crippen molar-refractivity contribution >= 4 is 29.1 Å². The molecule has 2 N–H and O–H groups in total. The molecule has 3 aromatic heterocycles. The number of hydrogen-bond donors (Lipinski definition) is 2. The summed E-state index contributed by atoms with van der Waals surface area (Å²) in [5.41, 5.74) is 0.316. The van der Waals surface area contributed by atoms with Gasteiger partial charge in [-0.25, -0.2) is 5.10 Å². The van der Waals surface area contributed by atoms with Gasteiger partial charge in [0, 0.05) is 16.0 Å². The quantitative estimate of drug-likeness (QED) is 0.575. The Balaban J connectivity index is 1.81. The summed E-state index contributed by atoms with van der Waals surface area (Å²) in [7, 11) is 0. The van der Waals surface area contributed by atoms with Crippen molar-refractivity contribution in [2.75, 3.05) is 5.32 Å². The zero-order chi connectivity index (χ0) is 17.9. The molecule has 0 aliphatic heterocycles. The Morgan fingerprint density at radius 3 is 2.69 bits per heavy atom. The summed E-state index contributed by atoms with van der Waals surface area (Å²) in [5, 5.41) is 15.3. The lowest BCUT2D eigenvalue weighted by atomic mass is 10.2. The summed E-state index contributed by atoms with van der Waals surface area (Å²) in [4.78, 5) is 27.1. The summed E-state index contributed by atoms with van der Waals surface area (Å²) in [6.07, 6.45) is 1.64. The smallest absolute Gasteiger partial charge is 0.268 e. The highest BCUT2D eigenvalue weighted by Crippen LogP contribution is 2.30. The molecule has 3 heterocycles. The molecule has 0 fully saturated rings. The summed E-state index contributed by atoms with van der Waals surface area (Å²) in [6, 6.07) is 16.8. The van der Waals surface area contributed by atoms with Crippen molar-refractivity contribution < 1.29 is 4.79 Å². The normalized spacial score (nSPS) is 10.8. The summed E-state index contributed by atoms with van der Waals surface area (Å²) >= 11 is 1.48. The topological polar surface area (TPSA) is 105 Å². The molecule has 0 saturated heterocycles. The Labute approximate surface area is 151 Å². The average Bonchev–Trinajstić information content (AvgIpc) is 3.18. The van der Waals surface area contributed by atoms with Gasteiger partial charge in [0.05, 0.1) is 5.52 Å². The second-order valence-corrected chi connectivity index (χ2v) is 6.42. The number of rotatable bonds is 4. The lowest BCUT2D eigenvalue weighted by molar-refractivity contribution is 0.102.